The SMILES string of the molecule is CC(C)CN1CCN(C)CC1.O=C=O. The van der Waals surface area contributed by atoms with Gasteiger partial charge >= 0.3 is 6.15 Å². The van der Waals surface area contributed by atoms with Crippen molar-refractivity contribution in [2.75, 3.05) is 39.8 Å². The van der Waals surface area contributed by atoms with Gasteiger partial charge in [0.25, 0.3) is 0 Å². The zero-order chi connectivity index (χ0) is 11.0. The third-order valence-corrected chi connectivity index (χ3v) is 2.22. The Morgan fingerprint density at radius 1 is 1.14 bits per heavy atom. The molecule has 0 aromatic rings. The van der Waals surface area contributed by atoms with Gasteiger partial charge in [0, 0.05) is 32.7 Å². The third kappa shape index (κ3) is 6.78. The zero-order valence-corrected chi connectivity index (χ0v) is 9.32. The molecule has 0 aromatic carbocycles. The lowest BCUT2D eigenvalue weighted by molar-refractivity contribution is -0.191. The van der Waals surface area contributed by atoms with Crippen molar-refractivity contribution in [2.45, 2.75) is 13.8 Å². The Labute approximate surface area is 85.9 Å². The minimum Gasteiger partial charge on any atom is -0.304 e. The Hall–Kier alpha value is -0.700. The molecule has 1 saturated heterocycles. The summed E-state index contributed by atoms with van der Waals surface area (Å²) < 4.78 is 0. The van der Waals surface area contributed by atoms with Crippen molar-refractivity contribution < 1.29 is 9.59 Å². The van der Waals surface area contributed by atoms with Crippen LogP contribution in [0.25, 0.3) is 0 Å². The first-order chi connectivity index (χ1) is 6.60. The van der Waals surface area contributed by atoms with Gasteiger partial charge in [0.2, 0.25) is 0 Å². The number of hydrogen-bond donors (Lipinski definition) is 0. The molecule has 0 bridgehead atoms. The second kappa shape index (κ2) is 7.68. The van der Waals surface area contributed by atoms with Crippen molar-refractivity contribution in [3.63, 3.8) is 0 Å². The molecule has 0 aliphatic carbocycles. The smallest absolute Gasteiger partial charge is 0.304 e. The number of piperazine rings is 1. The van der Waals surface area contributed by atoms with Crippen molar-refractivity contribution >= 4 is 6.15 Å². The van der Waals surface area contributed by atoms with Gasteiger partial charge in [-0.05, 0) is 13.0 Å². The summed E-state index contributed by atoms with van der Waals surface area (Å²) >= 11 is 0. The van der Waals surface area contributed by atoms with Crippen LogP contribution in [0.3, 0.4) is 0 Å². The minimum absolute atomic E-state index is 0.250. The molecule has 1 aliphatic heterocycles. The average Bonchev–Trinajstić information content (AvgIpc) is 2.09. The van der Waals surface area contributed by atoms with E-state index in [9.17, 15) is 0 Å². The average molecular weight is 200 g/mol. The highest BCUT2D eigenvalue weighted by Crippen LogP contribution is 2.02. The van der Waals surface area contributed by atoms with Crippen molar-refractivity contribution in [2.24, 2.45) is 5.92 Å². The molecule has 0 aromatic heterocycles. The van der Waals surface area contributed by atoms with Gasteiger partial charge in [0.15, 0.2) is 0 Å². The number of nitrogens with zero attached hydrogens (tertiary/aromatic N) is 2. The van der Waals surface area contributed by atoms with Gasteiger partial charge in [-0.1, -0.05) is 13.8 Å². The quantitative estimate of drug-likeness (QED) is 0.643. The lowest BCUT2D eigenvalue weighted by Crippen LogP contribution is -2.45. The molecular weight excluding hydrogens is 180 g/mol. The Balaban J connectivity index is 0.000000500. The maximum atomic E-state index is 8.12. The molecule has 1 rings (SSSR count). The fourth-order valence-electron chi connectivity index (χ4n) is 1.55. The van der Waals surface area contributed by atoms with Gasteiger partial charge in [-0.15, -0.1) is 0 Å². The summed E-state index contributed by atoms with van der Waals surface area (Å²) in [6.45, 7) is 10.9. The van der Waals surface area contributed by atoms with E-state index in [0.717, 1.165) is 5.92 Å². The van der Waals surface area contributed by atoms with Crippen molar-refractivity contribution in [1.82, 2.24) is 9.80 Å². The van der Waals surface area contributed by atoms with Crippen LogP contribution in [0.15, 0.2) is 0 Å². The molecule has 0 unspecified atom stereocenters. The summed E-state index contributed by atoms with van der Waals surface area (Å²) in [5.41, 5.74) is 0. The molecule has 0 saturated carbocycles. The number of likely N-dealkylation sites (N-methyl/N-ethyl adjacent to an activating group) is 1. The van der Waals surface area contributed by atoms with Gasteiger partial charge in [0.1, 0.15) is 0 Å². The molecular formula is C10H20N2O2. The summed E-state index contributed by atoms with van der Waals surface area (Å²) in [5, 5.41) is 0. The summed E-state index contributed by atoms with van der Waals surface area (Å²) in [6.07, 6.45) is 0.250. The molecule has 14 heavy (non-hydrogen) atoms. The maximum Gasteiger partial charge on any atom is 0.373 e. The van der Waals surface area contributed by atoms with Gasteiger partial charge in [0.05, 0.1) is 0 Å². The molecule has 1 fully saturated rings. The highest BCUT2D eigenvalue weighted by atomic mass is 16.2. The topological polar surface area (TPSA) is 40.6 Å². The van der Waals surface area contributed by atoms with Crippen LogP contribution in [-0.2, 0) is 9.59 Å². The van der Waals surface area contributed by atoms with Crippen LogP contribution in [0.1, 0.15) is 13.8 Å². The van der Waals surface area contributed by atoms with Crippen molar-refractivity contribution in [3.8, 4) is 0 Å². The lowest BCUT2D eigenvalue weighted by Gasteiger charge is -2.33. The molecule has 0 amide bonds. The minimum atomic E-state index is 0.250. The molecule has 4 heteroatoms. The molecule has 0 radical (unpaired) electrons. The van der Waals surface area contributed by atoms with Gasteiger partial charge in [-0.25, -0.2) is 0 Å². The molecule has 82 valence electrons. The van der Waals surface area contributed by atoms with E-state index in [1.165, 1.54) is 32.7 Å². The fourth-order valence-corrected chi connectivity index (χ4v) is 1.55. The maximum absolute atomic E-state index is 8.12. The monoisotopic (exact) mass is 200 g/mol. The van der Waals surface area contributed by atoms with E-state index in [4.69, 9.17) is 9.59 Å². The highest BCUT2D eigenvalue weighted by molar-refractivity contribution is 5.20. The van der Waals surface area contributed by atoms with Crippen LogP contribution in [0.5, 0.6) is 0 Å². The predicted octanol–water partition coefficient (Wildman–Crippen LogP) is 0.306. The fraction of sp³-hybridized carbons (Fsp3) is 0.900. The first-order valence-corrected chi connectivity index (χ1v) is 5.00. The van der Waals surface area contributed by atoms with E-state index in [0.29, 0.717) is 0 Å². The number of rotatable bonds is 2. The molecule has 0 N–H and O–H groups in total. The Kier molecular flexibility index (Phi) is 7.30. The summed E-state index contributed by atoms with van der Waals surface area (Å²) in [6, 6.07) is 0. The lowest BCUT2D eigenvalue weighted by atomic mass is 10.2. The summed E-state index contributed by atoms with van der Waals surface area (Å²) in [4.78, 5) is 21.2. The van der Waals surface area contributed by atoms with Crippen molar-refractivity contribution in [3.05, 3.63) is 0 Å². The van der Waals surface area contributed by atoms with Crippen LogP contribution in [0, 0.1) is 5.92 Å². The molecule has 1 heterocycles. The van der Waals surface area contributed by atoms with Gasteiger partial charge in [-0.2, -0.15) is 9.59 Å². The number of hydrogen-bond acceptors (Lipinski definition) is 4. The van der Waals surface area contributed by atoms with E-state index < -0.39 is 0 Å². The van der Waals surface area contributed by atoms with Crippen LogP contribution < -0.4 is 0 Å². The summed E-state index contributed by atoms with van der Waals surface area (Å²) in [5.74, 6) is 0.818. The normalized spacial score (nSPS) is 18.6. The van der Waals surface area contributed by atoms with E-state index in [2.05, 4.69) is 30.7 Å². The van der Waals surface area contributed by atoms with Crippen LogP contribution >= 0.6 is 0 Å². The Morgan fingerprint density at radius 2 is 1.57 bits per heavy atom. The van der Waals surface area contributed by atoms with E-state index in [-0.39, 0.29) is 6.15 Å². The van der Waals surface area contributed by atoms with Gasteiger partial charge in [-0.3, -0.25) is 0 Å². The van der Waals surface area contributed by atoms with E-state index in [1.807, 2.05) is 0 Å². The first-order valence-electron chi connectivity index (χ1n) is 5.00. The number of carbonyl (C=O) groups excluding carboxylic acids is 2. The molecule has 4 nitrogen and oxygen atoms in total. The Bertz CT molecular complexity index is 169. The van der Waals surface area contributed by atoms with E-state index >= 15 is 0 Å². The third-order valence-electron chi connectivity index (χ3n) is 2.22. The second-order valence-corrected chi connectivity index (χ2v) is 4.08. The van der Waals surface area contributed by atoms with Crippen LogP contribution in [0.2, 0.25) is 0 Å². The second-order valence-electron chi connectivity index (χ2n) is 4.08. The van der Waals surface area contributed by atoms with E-state index in [1.54, 1.807) is 0 Å². The predicted molar refractivity (Wildman–Crippen MR) is 53.8 cm³/mol. The Morgan fingerprint density at radius 3 is 1.93 bits per heavy atom. The molecule has 1 aliphatic rings. The molecule has 0 spiro atoms. The standard InChI is InChI=1S/C9H20N2.CO2/c1-9(2)8-11-6-4-10(3)5-7-11;2-1-3/h9H,4-8H2,1-3H3;. The molecule has 0 atom stereocenters. The first kappa shape index (κ1) is 13.3. The van der Waals surface area contributed by atoms with Gasteiger partial charge < -0.3 is 9.80 Å². The highest BCUT2D eigenvalue weighted by Gasteiger charge is 2.13. The largest absolute Gasteiger partial charge is 0.373 e. The van der Waals surface area contributed by atoms with Crippen LogP contribution in [-0.4, -0.2) is 55.7 Å². The zero-order valence-electron chi connectivity index (χ0n) is 9.32. The summed E-state index contributed by atoms with van der Waals surface area (Å²) in [7, 11) is 2.20. The van der Waals surface area contributed by atoms with Crippen molar-refractivity contribution in [1.29, 1.82) is 0 Å². The van der Waals surface area contributed by atoms with Crippen LogP contribution in [0.4, 0.5) is 0 Å².